The van der Waals surface area contributed by atoms with E-state index in [1.165, 1.54) is 0 Å². The lowest BCUT2D eigenvalue weighted by atomic mass is 10.0. The lowest BCUT2D eigenvalue weighted by Crippen LogP contribution is -2.27. The Balaban J connectivity index is 1.73. The van der Waals surface area contributed by atoms with Crippen LogP contribution in [0.3, 0.4) is 0 Å². The molecule has 20 heavy (non-hydrogen) atoms. The average Bonchev–Trinajstić information content (AvgIpc) is 2.85. The van der Waals surface area contributed by atoms with Crippen molar-refractivity contribution in [3.8, 4) is 0 Å². The zero-order valence-corrected chi connectivity index (χ0v) is 13.3. The molecule has 1 heterocycles. The lowest BCUT2D eigenvalue weighted by molar-refractivity contribution is -0.116. The van der Waals surface area contributed by atoms with Crippen molar-refractivity contribution in [1.29, 1.82) is 0 Å². The maximum absolute atomic E-state index is 11.9. The topological polar surface area (TPSA) is 52.6 Å². The standard InChI is InChI=1S/C15H21BrN2O2/c1-11(19)12-5-7-18(10-12)8-6-15(20)17-14-4-2-3-13(16)9-14/h2-4,9,11-12,19H,5-8,10H2,1H3,(H,17,20). The maximum atomic E-state index is 11.9. The van der Waals surface area contributed by atoms with Crippen LogP contribution in [-0.4, -0.2) is 41.7 Å². The molecule has 110 valence electrons. The molecular formula is C15H21BrN2O2. The van der Waals surface area contributed by atoms with Crippen molar-refractivity contribution in [1.82, 2.24) is 4.90 Å². The molecule has 2 atom stereocenters. The third-order valence-corrected chi connectivity index (χ3v) is 4.25. The molecule has 0 spiro atoms. The van der Waals surface area contributed by atoms with Crippen LogP contribution in [-0.2, 0) is 4.79 Å². The summed E-state index contributed by atoms with van der Waals surface area (Å²) in [4.78, 5) is 14.1. The molecule has 1 aromatic rings. The van der Waals surface area contributed by atoms with Gasteiger partial charge in [-0.15, -0.1) is 0 Å². The number of rotatable bonds is 5. The molecule has 0 bridgehead atoms. The summed E-state index contributed by atoms with van der Waals surface area (Å²) < 4.78 is 0.953. The van der Waals surface area contributed by atoms with Crippen LogP contribution >= 0.6 is 15.9 Å². The highest BCUT2D eigenvalue weighted by atomic mass is 79.9. The highest BCUT2D eigenvalue weighted by Crippen LogP contribution is 2.20. The van der Waals surface area contributed by atoms with Crippen LogP contribution in [0, 0.1) is 5.92 Å². The predicted molar refractivity (Wildman–Crippen MR) is 83.6 cm³/mol. The van der Waals surface area contributed by atoms with E-state index in [0.717, 1.165) is 36.2 Å². The first-order valence-electron chi connectivity index (χ1n) is 7.00. The summed E-state index contributed by atoms with van der Waals surface area (Å²) in [5.74, 6) is 0.381. The Morgan fingerprint density at radius 1 is 1.60 bits per heavy atom. The number of nitrogens with zero attached hydrogens (tertiary/aromatic N) is 1. The van der Waals surface area contributed by atoms with E-state index in [-0.39, 0.29) is 12.0 Å². The Morgan fingerprint density at radius 3 is 3.05 bits per heavy atom. The molecule has 1 amide bonds. The molecule has 1 aromatic carbocycles. The summed E-state index contributed by atoms with van der Waals surface area (Å²) in [6.07, 6.45) is 1.25. The van der Waals surface area contributed by atoms with E-state index in [1.807, 2.05) is 31.2 Å². The van der Waals surface area contributed by atoms with Gasteiger partial charge in [-0.25, -0.2) is 0 Å². The summed E-state index contributed by atoms with van der Waals surface area (Å²) >= 11 is 3.38. The Labute approximate surface area is 128 Å². The van der Waals surface area contributed by atoms with Gasteiger partial charge in [-0.05, 0) is 44.0 Å². The van der Waals surface area contributed by atoms with Gasteiger partial charge in [0.1, 0.15) is 0 Å². The molecule has 5 heteroatoms. The van der Waals surface area contributed by atoms with Crippen LogP contribution in [0.1, 0.15) is 19.8 Å². The minimum Gasteiger partial charge on any atom is -0.393 e. The van der Waals surface area contributed by atoms with Crippen molar-refractivity contribution >= 4 is 27.5 Å². The number of hydrogen-bond donors (Lipinski definition) is 2. The molecule has 2 unspecified atom stereocenters. The number of halogens is 1. The van der Waals surface area contributed by atoms with Gasteiger partial charge >= 0.3 is 0 Å². The van der Waals surface area contributed by atoms with Crippen molar-refractivity contribution in [2.45, 2.75) is 25.9 Å². The zero-order chi connectivity index (χ0) is 14.5. The summed E-state index contributed by atoms with van der Waals surface area (Å²) in [6, 6.07) is 7.59. The zero-order valence-electron chi connectivity index (χ0n) is 11.7. The molecule has 4 nitrogen and oxygen atoms in total. The van der Waals surface area contributed by atoms with Crippen molar-refractivity contribution in [3.63, 3.8) is 0 Å². The van der Waals surface area contributed by atoms with Gasteiger partial charge < -0.3 is 15.3 Å². The van der Waals surface area contributed by atoms with Gasteiger partial charge in [-0.3, -0.25) is 4.79 Å². The monoisotopic (exact) mass is 340 g/mol. The Hall–Kier alpha value is -0.910. The molecule has 1 fully saturated rings. The number of carbonyl (C=O) groups is 1. The smallest absolute Gasteiger partial charge is 0.225 e. The van der Waals surface area contributed by atoms with Gasteiger partial charge in [0, 0.05) is 29.7 Å². The van der Waals surface area contributed by atoms with Crippen LogP contribution in [0.4, 0.5) is 5.69 Å². The van der Waals surface area contributed by atoms with Gasteiger partial charge in [0.2, 0.25) is 5.91 Å². The molecule has 0 aromatic heterocycles. The summed E-state index contributed by atoms with van der Waals surface area (Å²) in [5.41, 5.74) is 0.813. The molecule has 0 saturated carbocycles. The van der Waals surface area contributed by atoms with Crippen LogP contribution in [0.2, 0.25) is 0 Å². The van der Waals surface area contributed by atoms with Crippen molar-refractivity contribution in [2.24, 2.45) is 5.92 Å². The average molecular weight is 341 g/mol. The van der Waals surface area contributed by atoms with E-state index in [4.69, 9.17) is 0 Å². The quantitative estimate of drug-likeness (QED) is 0.865. The SMILES string of the molecule is CC(O)C1CCN(CCC(=O)Nc2cccc(Br)c2)C1. The third kappa shape index (κ3) is 4.58. The minimum absolute atomic E-state index is 0.0311. The number of aliphatic hydroxyl groups excluding tert-OH is 1. The second-order valence-corrected chi connectivity index (χ2v) is 6.31. The van der Waals surface area contributed by atoms with Crippen LogP contribution in [0.15, 0.2) is 28.7 Å². The number of likely N-dealkylation sites (tertiary alicyclic amines) is 1. The molecule has 2 rings (SSSR count). The lowest BCUT2D eigenvalue weighted by Gasteiger charge is -2.17. The van der Waals surface area contributed by atoms with Gasteiger partial charge in [-0.2, -0.15) is 0 Å². The van der Waals surface area contributed by atoms with Gasteiger partial charge in [-0.1, -0.05) is 22.0 Å². The number of hydrogen-bond acceptors (Lipinski definition) is 3. The third-order valence-electron chi connectivity index (χ3n) is 3.75. The Kier molecular flexibility index (Phi) is 5.57. The Morgan fingerprint density at radius 2 is 2.40 bits per heavy atom. The number of nitrogens with one attached hydrogen (secondary N) is 1. The van der Waals surface area contributed by atoms with E-state index >= 15 is 0 Å². The fourth-order valence-corrected chi connectivity index (χ4v) is 2.91. The largest absolute Gasteiger partial charge is 0.393 e. The molecular weight excluding hydrogens is 320 g/mol. The molecule has 0 aliphatic carbocycles. The molecule has 1 saturated heterocycles. The second-order valence-electron chi connectivity index (χ2n) is 5.40. The van der Waals surface area contributed by atoms with Gasteiger partial charge in [0.15, 0.2) is 0 Å². The minimum atomic E-state index is -0.254. The van der Waals surface area contributed by atoms with E-state index in [9.17, 15) is 9.90 Å². The van der Waals surface area contributed by atoms with E-state index in [2.05, 4.69) is 26.1 Å². The van der Waals surface area contributed by atoms with Gasteiger partial charge in [0.25, 0.3) is 0 Å². The highest BCUT2D eigenvalue weighted by molar-refractivity contribution is 9.10. The van der Waals surface area contributed by atoms with E-state index in [0.29, 0.717) is 12.3 Å². The van der Waals surface area contributed by atoms with Crippen molar-refractivity contribution < 1.29 is 9.90 Å². The first kappa shape index (κ1) is 15.5. The van der Waals surface area contributed by atoms with Crippen molar-refractivity contribution in [2.75, 3.05) is 25.0 Å². The van der Waals surface area contributed by atoms with Crippen molar-refractivity contribution in [3.05, 3.63) is 28.7 Å². The van der Waals surface area contributed by atoms with Crippen LogP contribution in [0.5, 0.6) is 0 Å². The Bertz CT molecular complexity index is 465. The molecule has 2 N–H and O–H groups in total. The second kappa shape index (κ2) is 7.20. The summed E-state index contributed by atoms with van der Waals surface area (Å²) in [7, 11) is 0. The number of benzene rings is 1. The molecule has 1 aliphatic heterocycles. The predicted octanol–water partition coefficient (Wildman–Crippen LogP) is 2.48. The maximum Gasteiger partial charge on any atom is 0.225 e. The number of aliphatic hydroxyl groups is 1. The summed E-state index contributed by atoms with van der Waals surface area (Å²) in [5, 5.41) is 12.5. The number of carbonyl (C=O) groups excluding carboxylic acids is 1. The first-order valence-corrected chi connectivity index (χ1v) is 7.80. The van der Waals surface area contributed by atoms with Gasteiger partial charge in [0.05, 0.1) is 6.10 Å². The number of anilines is 1. The fourth-order valence-electron chi connectivity index (χ4n) is 2.51. The summed E-state index contributed by atoms with van der Waals surface area (Å²) in [6.45, 7) is 4.46. The highest BCUT2D eigenvalue weighted by Gasteiger charge is 2.25. The van der Waals surface area contributed by atoms with E-state index in [1.54, 1.807) is 0 Å². The molecule has 0 radical (unpaired) electrons. The van der Waals surface area contributed by atoms with Crippen LogP contribution in [0.25, 0.3) is 0 Å². The van der Waals surface area contributed by atoms with Crippen LogP contribution < -0.4 is 5.32 Å². The number of amides is 1. The fraction of sp³-hybridized carbons (Fsp3) is 0.533. The molecule has 1 aliphatic rings. The normalized spacial score (nSPS) is 20.9. The van der Waals surface area contributed by atoms with E-state index < -0.39 is 0 Å². The first-order chi connectivity index (χ1) is 9.54.